The highest BCUT2D eigenvalue weighted by Crippen LogP contribution is 2.32. The molecule has 2 aromatic rings. The van der Waals surface area contributed by atoms with Gasteiger partial charge in [-0.15, -0.1) is 0 Å². The van der Waals surface area contributed by atoms with E-state index in [9.17, 15) is 4.79 Å². The van der Waals surface area contributed by atoms with Crippen molar-refractivity contribution in [2.45, 2.75) is 6.04 Å². The minimum atomic E-state index is -0.162. The first-order chi connectivity index (χ1) is 9.65. The summed E-state index contributed by atoms with van der Waals surface area (Å²) < 4.78 is 6.31. The van der Waals surface area contributed by atoms with Crippen LogP contribution in [0.4, 0.5) is 0 Å². The van der Waals surface area contributed by atoms with E-state index >= 15 is 0 Å². The summed E-state index contributed by atoms with van der Waals surface area (Å²) in [6, 6.07) is 12.7. The molecular weight excluding hydrogens is 342 g/mol. The second-order valence-corrected chi connectivity index (χ2v) is 5.77. The van der Waals surface area contributed by atoms with Crippen LogP contribution < -0.4 is 10.1 Å². The summed E-state index contributed by atoms with van der Waals surface area (Å²) in [7, 11) is 0. The van der Waals surface area contributed by atoms with Crippen molar-refractivity contribution >= 4 is 33.4 Å². The third kappa shape index (κ3) is 2.53. The summed E-state index contributed by atoms with van der Waals surface area (Å²) in [5, 5.41) is 3.47. The highest BCUT2D eigenvalue weighted by Gasteiger charge is 2.25. The largest absolute Gasteiger partial charge is 0.491 e. The molecule has 1 N–H and O–H groups in total. The molecule has 2 aromatic carbocycles. The molecule has 5 heteroatoms. The zero-order valence-electron chi connectivity index (χ0n) is 10.4. The molecule has 1 amide bonds. The van der Waals surface area contributed by atoms with Gasteiger partial charge in [-0.25, -0.2) is 0 Å². The van der Waals surface area contributed by atoms with Gasteiger partial charge in [0.25, 0.3) is 5.91 Å². The first-order valence-electron chi connectivity index (χ1n) is 6.13. The van der Waals surface area contributed by atoms with Gasteiger partial charge in [0.1, 0.15) is 12.4 Å². The van der Waals surface area contributed by atoms with Gasteiger partial charge in [0, 0.05) is 15.6 Å². The average Bonchev–Trinajstić information content (AvgIpc) is 2.85. The van der Waals surface area contributed by atoms with Gasteiger partial charge < -0.3 is 10.1 Å². The molecule has 0 radical (unpaired) electrons. The number of para-hydroxylation sites is 1. The van der Waals surface area contributed by atoms with Gasteiger partial charge >= 0.3 is 0 Å². The molecule has 1 aliphatic rings. The lowest BCUT2D eigenvalue weighted by Crippen LogP contribution is -2.29. The van der Waals surface area contributed by atoms with Crippen LogP contribution in [-0.2, 0) is 0 Å². The zero-order chi connectivity index (χ0) is 14.1. The molecule has 1 aliphatic heterocycles. The summed E-state index contributed by atoms with van der Waals surface area (Å²) in [6.45, 7) is 0.454. The summed E-state index contributed by atoms with van der Waals surface area (Å²) in [5.41, 5.74) is 1.53. The lowest BCUT2D eigenvalue weighted by atomic mass is 10.1. The standard InChI is InChI=1S/C15H11BrClNO2/c16-11-6-5-9(7-12(11)17)15(19)18-13-8-20-14-4-2-1-3-10(13)14/h1-7,13H,8H2,(H,18,19). The van der Waals surface area contributed by atoms with Crippen LogP contribution in [0, 0.1) is 0 Å². The van der Waals surface area contributed by atoms with Crippen LogP contribution in [0.3, 0.4) is 0 Å². The maximum Gasteiger partial charge on any atom is 0.251 e. The van der Waals surface area contributed by atoms with Crippen molar-refractivity contribution in [1.82, 2.24) is 5.32 Å². The molecular formula is C15H11BrClNO2. The molecule has 3 nitrogen and oxygen atoms in total. The predicted octanol–water partition coefficient (Wildman–Crippen LogP) is 3.97. The molecule has 1 heterocycles. The topological polar surface area (TPSA) is 38.3 Å². The second-order valence-electron chi connectivity index (χ2n) is 4.50. The first kappa shape index (κ1) is 13.5. The fraction of sp³-hybridized carbons (Fsp3) is 0.133. The number of amides is 1. The van der Waals surface area contributed by atoms with Crippen LogP contribution in [0.1, 0.15) is 22.0 Å². The molecule has 3 rings (SSSR count). The summed E-state index contributed by atoms with van der Waals surface area (Å²) in [4.78, 5) is 12.2. The van der Waals surface area contributed by atoms with E-state index < -0.39 is 0 Å². The Balaban J connectivity index is 1.79. The van der Waals surface area contributed by atoms with Crippen molar-refractivity contribution in [2.75, 3.05) is 6.61 Å². The van der Waals surface area contributed by atoms with Crippen LogP contribution in [0.25, 0.3) is 0 Å². The quantitative estimate of drug-likeness (QED) is 0.888. The summed E-state index contributed by atoms with van der Waals surface area (Å²) in [6.07, 6.45) is 0. The molecule has 0 aromatic heterocycles. The maximum atomic E-state index is 12.2. The third-order valence-electron chi connectivity index (χ3n) is 3.19. The van der Waals surface area contributed by atoms with E-state index in [1.807, 2.05) is 24.3 Å². The van der Waals surface area contributed by atoms with E-state index in [1.54, 1.807) is 18.2 Å². The Morgan fingerprint density at radius 1 is 1.30 bits per heavy atom. The molecule has 0 bridgehead atoms. The Bertz CT molecular complexity index is 675. The number of hydrogen-bond donors (Lipinski definition) is 1. The van der Waals surface area contributed by atoms with Crippen molar-refractivity contribution in [3.8, 4) is 5.75 Å². The van der Waals surface area contributed by atoms with Crippen LogP contribution in [-0.4, -0.2) is 12.5 Å². The van der Waals surface area contributed by atoms with Crippen LogP contribution >= 0.6 is 27.5 Å². The zero-order valence-corrected chi connectivity index (χ0v) is 12.7. The van der Waals surface area contributed by atoms with Crippen LogP contribution in [0.15, 0.2) is 46.9 Å². The minimum absolute atomic E-state index is 0.124. The Morgan fingerprint density at radius 2 is 2.10 bits per heavy atom. The van der Waals surface area contributed by atoms with Gasteiger partial charge in [-0.05, 0) is 40.2 Å². The van der Waals surface area contributed by atoms with E-state index in [4.69, 9.17) is 16.3 Å². The van der Waals surface area contributed by atoms with E-state index in [2.05, 4.69) is 21.2 Å². The lowest BCUT2D eigenvalue weighted by Gasteiger charge is -2.12. The van der Waals surface area contributed by atoms with Gasteiger partial charge in [0.15, 0.2) is 0 Å². The fourth-order valence-corrected chi connectivity index (χ4v) is 2.59. The average molecular weight is 353 g/mol. The van der Waals surface area contributed by atoms with Crippen LogP contribution in [0.5, 0.6) is 5.75 Å². The maximum absolute atomic E-state index is 12.2. The number of halogens is 2. The summed E-state index contributed by atoms with van der Waals surface area (Å²) >= 11 is 9.31. The summed E-state index contributed by atoms with van der Waals surface area (Å²) in [5.74, 6) is 0.663. The molecule has 0 saturated heterocycles. The fourth-order valence-electron chi connectivity index (χ4n) is 2.16. The monoisotopic (exact) mass is 351 g/mol. The number of rotatable bonds is 2. The highest BCUT2D eigenvalue weighted by molar-refractivity contribution is 9.10. The lowest BCUT2D eigenvalue weighted by molar-refractivity contribution is 0.0930. The highest BCUT2D eigenvalue weighted by atomic mass is 79.9. The van der Waals surface area contributed by atoms with Crippen molar-refractivity contribution < 1.29 is 9.53 Å². The number of ether oxygens (including phenoxy) is 1. The molecule has 0 spiro atoms. The Kier molecular flexibility index (Phi) is 3.68. The molecule has 0 fully saturated rings. The molecule has 1 unspecified atom stereocenters. The van der Waals surface area contributed by atoms with Gasteiger partial charge in [-0.1, -0.05) is 29.8 Å². The number of carbonyl (C=O) groups is 1. The van der Waals surface area contributed by atoms with Crippen molar-refractivity contribution in [3.05, 3.63) is 63.1 Å². The van der Waals surface area contributed by atoms with E-state index in [1.165, 1.54) is 0 Å². The number of carbonyl (C=O) groups excluding carboxylic acids is 1. The molecule has 0 saturated carbocycles. The number of nitrogens with one attached hydrogen (secondary N) is 1. The second kappa shape index (κ2) is 5.46. The minimum Gasteiger partial charge on any atom is -0.491 e. The first-order valence-corrected chi connectivity index (χ1v) is 7.30. The Hall–Kier alpha value is -1.52. The van der Waals surface area contributed by atoms with Crippen LogP contribution in [0.2, 0.25) is 5.02 Å². The molecule has 1 atom stereocenters. The number of fused-ring (bicyclic) bond motifs is 1. The number of benzene rings is 2. The van der Waals surface area contributed by atoms with Crippen molar-refractivity contribution in [3.63, 3.8) is 0 Å². The Morgan fingerprint density at radius 3 is 2.90 bits per heavy atom. The third-order valence-corrected chi connectivity index (χ3v) is 4.42. The Labute approximate surface area is 130 Å². The van der Waals surface area contributed by atoms with E-state index in [-0.39, 0.29) is 11.9 Å². The van der Waals surface area contributed by atoms with Crippen molar-refractivity contribution in [1.29, 1.82) is 0 Å². The molecule has 0 aliphatic carbocycles. The van der Waals surface area contributed by atoms with Gasteiger partial charge in [0.05, 0.1) is 11.1 Å². The SMILES string of the molecule is O=C(NC1COc2ccccc21)c1ccc(Br)c(Cl)c1. The normalized spacial score (nSPS) is 16.4. The van der Waals surface area contributed by atoms with Crippen molar-refractivity contribution in [2.24, 2.45) is 0 Å². The van der Waals surface area contributed by atoms with Gasteiger partial charge in [-0.3, -0.25) is 4.79 Å². The predicted molar refractivity (Wildman–Crippen MR) is 81.3 cm³/mol. The van der Waals surface area contributed by atoms with Gasteiger partial charge in [0.2, 0.25) is 0 Å². The van der Waals surface area contributed by atoms with E-state index in [0.29, 0.717) is 17.2 Å². The van der Waals surface area contributed by atoms with Gasteiger partial charge in [-0.2, -0.15) is 0 Å². The molecule has 20 heavy (non-hydrogen) atoms. The number of hydrogen-bond acceptors (Lipinski definition) is 2. The van der Waals surface area contributed by atoms with E-state index in [0.717, 1.165) is 15.8 Å². The smallest absolute Gasteiger partial charge is 0.251 e. The molecule has 102 valence electrons.